The number of guanidine groups is 1. The minimum atomic E-state index is 0.477. The summed E-state index contributed by atoms with van der Waals surface area (Å²) in [5, 5.41) is 7.02. The molecule has 2 heterocycles. The van der Waals surface area contributed by atoms with Gasteiger partial charge in [0.15, 0.2) is 5.96 Å². The van der Waals surface area contributed by atoms with Crippen LogP contribution in [-0.2, 0) is 9.47 Å². The molecule has 3 rings (SSSR count). The predicted molar refractivity (Wildman–Crippen MR) is 118 cm³/mol. The summed E-state index contributed by atoms with van der Waals surface area (Å²) in [6.45, 7) is 8.78. The molecule has 0 bridgehead atoms. The Balaban J connectivity index is 1.28. The summed E-state index contributed by atoms with van der Waals surface area (Å²) in [6.07, 6.45) is 4.41. The van der Waals surface area contributed by atoms with Gasteiger partial charge in [0, 0.05) is 57.9 Å². The van der Waals surface area contributed by atoms with Crippen molar-refractivity contribution in [2.45, 2.75) is 44.7 Å². The minimum absolute atomic E-state index is 0.477. The van der Waals surface area contributed by atoms with E-state index in [1.165, 1.54) is 5.56 Å². The molecule has 0 aliphatic carbocycles. The lowest BCUT2D eigenvalue weighted by atomic mass is 10.0. The van der Waals surface area contributed by atoms with Crippen molar-refractivity contribution in [1.29, 1.82) is 0 Å². The molecule has 2 N–H and O–H groups in total. The molecule has 2 aliphatic heterocycles. The van der Waals surface area contributed by atoms with Gasteiger partial charge in [0.1, 0.15) is 0 Å². The fourth-order valence-electron chi connectivity index (χ4n) is 4.11. The van der Waals surface area contributed by atoms with Crippen LogP contribution in [0.2, 0.25) is 0 Å². The summed E-state index contributed by atoms with van der Waals surface area (Å²) in [6, 6.07) is 11.8. The fourth-order valence-corrected chi connectivity index (χ4v) is 4.11. The normalized spacial score (nSPS) is 22.6. The minimum Gasteiger partial charge on any atom is -0.381 e. The fraction of sp³-hybridized carbons (Fsp3) is 0.696. The van der Waals surface area contributed by atoms with Gasteiger partial charge in [0.2, 0.25) is 0 Å². The van der Waals surface area contributed by atoms with Gasteiger partial charge in [-0.05, 0) is 38.2 Å². The Morgan fingerprint density at radius 2 is 2.03 bits per heavy atom. The SMILES string of the molecule is CN=C(NCCCOCC1CCOC1)NC1CCN(C(C)c2ccccc2)CC1. The number of benzene rings is 1. The maximum atomic E-state index is 5.77. The van der Waals surface area contributed by atoms with E-state index in [0.29, 0.717) is 18.0 Å². The molecule has 2 atom stereocenters. The van der Waals surface area contributed by atoms with Crippen molar-refractivity contribution >= 4 is 5.96 Å². The van der Waals surface area contributed by atoms with Gasteiger partial charge in [-0.1, -0.05) is 30.3 Å². The molecule has 6 heteroatoms. The number of nitrogens with one attached hydrogen (secondary N) is 2. The van der Waals surface area contributed by atoms with Crippen LogP contribution in [-0.4, -0.2) is 70.0 Å². The average Bonchev–Trinajstić information content (AvgIpc) is 3.29. The smallest absolute Gasteiger partial charge is 0.191 e. The van der Waals surface area contributed by atoms with Crippen molar-refractivity contribution in [2.75, 3.05) is 53.1 Å². The molecule has 1 aromatic rings. The van der Waals surface area contributed by atoms with Gasteiger partial charge >= 0.3 is 0 Å². The molecule has 0 spiro atoms. The zero-order chi connectivity index (χ0) is 20.3. The number of nitrogens with zero attached hydrogens (tertiary/aromatic N) is 2. The van der Waals surface area contributed by atoms with Gasteiger partial charge in [-0.3, -0.25) is 9.89 Å². The van der Waals surface area contributed by atoms with Gasteiger partial charge < -0.3 is 20.1 Å². The van der Waals surface area contributed by atoms with Crippen LogP contribution in [0.25, 0.3) is 0 Å². The molecule has 162 valence electrons. The molecule has 2 saturated heterocycles. The molecule has 1 aromatic carbocycles. The summed E-state index contributed by atoms with van der Waals surface area (Å²) < 4.78 is 11.1. The number of piperidine rings is 1. The number of hydrogen-bond donors (Lipinski definition) is 2. The highest BCUT2D eigenvalue weighted by Crippen LogP contribution is 2.23. The second kappa shape index (κ2) is 12.2. The van der Waals surface area contributed by atoms with Gasteiger partial charge in [-0.2, -0.15) is 0 Å². The maximum Gasteiger partial charge on any atom is 0.191 e. The lowest BCUT2D eigenvalue weighted by Crippen LogP contribution is -2.49. The topological polar surface area (TPSA) is 58.1 Å². The molecule has 2 aliphatic rings. The standard InChI is InChI=1S/C23H38N4O2/c1-19(21-7-4-3-5-8-21)27-13-9-22(10-14-27)26-23(24-2)25-12-6-15-28-17-20-11-16-29-18-20/h3-5,7-8,19-20,22H,6,9-18H2,1-2H3,(H2,24,25,26). The van der Waals surface area contributed by atoms with E-state index in [1.807, 2.05) is 7.05 Å². The van der Waals surface area contributed by atoms with Crippen LogP contribution < -0.4 is 10.6 Å². The molecule has 0 saturated carbocycles. The number of hydrogen-bond acceptors (Lipinski definition) is 4. The Labute approximate surface area is 176 Å². The molecule has 6 nitrogen and oxygen atoms in total. The first-order valence-corrected chi connectivity index (χ1v) is 11.2. The zero-order valence-corrected chi connectivity index (χ0v) is 18.1. The molecule has 2 unspecified atom stereocenters. The van der Waals surface area contributed by atoms with Crippen molar-refractivity contribution in [1.82, 2.24) is 15.5 Å². The number of aliphatic imine (C=N–C) groups is 1. The third kappa shape index (κ3) is 7.28. The number of rotatable bonds is 9. The lowest BCUT2D eigenvalue weighted by Gasteiger charge is -2.37. The van der Waals surface area contributed by atoms with Crippen molar-refractivity contribution in [3.8, 4) is 0 Å². The summed E-state index contributed by atoms with van der Waals surface area (Å²) in [7, 11) is 1.85. The van der Waals surface area contributed by atoms with Crippen LogP contribution >= 0.6 is 0 Å². The number of ether oxygens (including phenoxy) is 2. The molecule has 0 radical (unpaired) electrons. The summed E-state index contributed by atoms with van der Waals surface area (Å²) in [5.74, 6) is 1.50. The van der Waals surface area contributed by atoms with Crippen LogP contribution in [0.15, 0.2) is 35.3 Å². The van der Waals surface area contributed by atoms with Gasteiger partial charge in [-0.15, -0.1) is 0 Å². The van der Waals surface area contributed by atoms with Gasteiger partial charge in [0.25, 0.3) is 0 Å². The summed E-state index contributed by atoms with van der Waals surface area (Å²) >= 11 is 0. The van der Waals surface area contributed by atoms with E-state index in [9.17, 15) is 0 Å². The highest BCUT2D eigenvalue weighted by atomic mass is 16.5. The molecule has 29 heavy (non-hydrogen) atoms. The summed E-state index contributed by atoms with van der Waals surface area (Å²) in [4.78, 5) is 6.97. The van der Waals surface area contributed by atoms with Crippen molar-refractivity contribution in [2.24, 2.45) is 10.9 Å². The molecule has 0 aromatic heterocycles. The van der Waals surface area contributed by atoms with Crippen LogP contribution in [0.4, 0.5) is 0 Å². The Kier molecular flexibility index (Phi) is 9.25. The molecule has 0 amide bonds. The quantitative estimate of drug-likeness (QED) is 0.378. The van der Waals surface area contributed by atoms with E-state index in [2.05, 4.69) is 57.8 Å². The predicted octanol–water partition coefficient (Wildman–Crippen LogP) is 2.82. The van der Waals surface area contributed by atoms with E-state index >= 15 is 0 Å². The van der Waals surface area contributed by atoms with Crippen molar-refractivity contribution in [3.05, 3.63) is 35.9 Å². The Hall–Kier alpha value is -1.63. The average molecular weight is 403 g/mol. The second-order valence-electron chi connectivity index (χ2n) is 8.20. The molecule has 2 fully saturated rings. The van der Waals surface area contributed by atoms with E-state index in [1.54, 1.807) is 0 Å². The third-order valence-electron chi connectivity index (χ3n) is 6.06. The number of likely N-dealkylation sites (tertiary alicyclic amines) is 1. The third-order valence-corrected chi connectivity index (χ3v) is 6.06. The van der Waals surface area contributed by atoms with Gasteiger partial charge in [0.05, 0.1) is 13.2 Å². The largest absolute Gasteiger partial charge is 0.381 e. The van der Waals surface area contributed by atoms with Crippen LogP contribution in [0.3, 0.4) is 0 Å². The van der Waals surface area contributed by atoms with E-state index < -0.39 is 0 Å². The van der Waals surface area contributed by atoms with Crippen molar-refractivity contribution < 1.29 is 9.47 Å². The van der Waals surface area contributed by atoms with Crippen molar-refractivity contribution in [3.63, 3.8) is 0 Å². The first kappa shape index (κ1) is 22.1. The first-order valence-electron chi connectivity index (χ1n) is 11.2. The highest BCUT2D eigenvalue weighted by Gasteiger charge is 2.24. The van der Waals surface area contributed by atoms with Crippen LogP contribution in [0.1, 0.15) is 44.2 Å². The monoisotopic (exact) mass is 402 g/mol. The Morgan fingerprint density at radius 3 is 2.72 bits per heavy atom. The molecular formula is C23H38N4O2. The highest BCUT2D eigenvalue weighted by molar-refractivity contribution is 5.79. The van der Waals surface area contributed by atoms with E-state index in [4.69, 9.17) is 9.47 Å². The first-order chi connectivity index (χ1) is 14.3. The zero-order valence-electron chi connectivity index (χ0n) is 18.1. The van der Waals surface area contributed by atoms with Crippen LogP contribution in [0.5, 0.6) is 0 Å². The lowest BCUT2D eigenvalue weighted by molar-refractivity contribution is 0.0888. The Bertz CT molecular complexity index is 596. The maximum absolute atomic E-state index is 5.77. The summed E-state index contributed by atoms with van der Waals surface area (Å²) in [5.41, 5.74) is 1.40. The molecular weight excluding hydrogens is 364 g/mol. The van der Waals surface area contributed by atoms with E-state index in [-0.39, 0.29) is 0 Å². The van der Waals surface area contributed by atoms with E-state index in [0.717, 1.165) is 77.7 Å². The second-order valence-corrected chi connectivity index (χ2v) is 8.20. The van der Waals surface area contributed by atoms with Crippen LogP contribution in [0, 0.1) is 5.92 Å². The van der Waals surface area contributed by atoms with Gasteiger partial charge in [-0.25, -0.2) is 0 Å². The Morgan fingerprint density at radius 1 is 1.24 bits per heavy atom.